The van der Waals surface area contributed by atoms with Gasteiger partial charge < -0.3 is 19.1 Å². The van der Waals surface area contributed by atoms with Crippen molar-refractivity contribution in [2.75, 3.05) is 32.5 Å². The van der Waals surface area contributed by atoms with Gasteiger partial charge in [0.1, 0.15) is 12.4 Å². The van der Waals surface area contributed by atoms with Gasteiger partial charge >= 0.3 is 11.9 Å². The molecule has 136 valence electrons. The van der Waals surface area contributed by atoms with Gasteiger partial charge in [0.05, 0.1) is 33.4 Å². The van der Waals surface area contributed by atoms with E-state index in [2.05, 4.69) is 15.4 Å². The number of aryl methyl sites for hydroxylation is 1. The van der Waals surface area contributed by atoms with Crippen molar-refractivity contribution in [3.8, 4) is 11.4 Å². The Balaban J connectivity index is 2.06. The minimum absolute atomic E-state index is 0.0426. The van der Waals surface area contributed by atoms with Crippen LogP contribution in [0.4, 0.5) is 5.69 Å². The van der Waals surface area contributed by atoms with E-state index in [0.717, 1.165) is 0 Å². The minimum Gasteiger partial charge on any atom is -0.466 e. The molecule has 1 aliphatic rings. The maximum absolute atomic E-state index is 12.3. The number of rotatable bonds is 4. The lowest BCUT2D eigenvalue weighted by Crippen LogP contribution is -2.38. The number of carbonyl (C=O) groups excluding carboxylic acids is 2. The standard InChI is InChI=1S/C16H17N5O5/c1-20-18-14(17-19-20)10-5-4-6-11(7-10)21-9-26-8-12(15(22)24-2)13(21)16(23)25-3/h4-7H,8-9H2,1-3H3. The van der Waals surface area contributed by atoms with E-state index in [4.69, 9.17) is 14.2 Å². The third-order valence-corrected chi connectivity index (χ3v) is 3.76. The molecule has 1 aliphatic heterocycles. The number of ether oxygens (including phenoxy) is 3. The Labute approximate surface area is 148 Å². The topological polar surface area (TPSA) is 109 Å². The maximum Gasteiger partial charge on any atom is 0.355 e. The van der Waals surface area contributed by atoms with Crippen molar-refractivity contribution >= 4 is 17.6 Å². The lowest BCUT2D eigenvalue weighted by atomic mass is 10.1. The van der Waals surface area contributed by atoms with Crippen LogP contribution < -0.4 is 4.90 Å². The second kappa shape index (κ2) is 7.31. The summed E-state index contributed by atoms with van der Waals surface area (Å²) in [6, 6.07) is 7.13. The smallest absolute Gasteiger partial charge is 0.355 e. The zero-order valence-corrected chi connectivity index (χ0v) is 14.5. The summed E-state index contributed by atoms with van der Waals surface area (Å²) in [5, 5.41) is 11.9. The van der Waals surface area contributed by atoms with E-state index in [1.54, 1.807) is 30.1 Å². The molecule has 0 saturated carbocycles. The van der Waals surface area contributed by atoms with Crippen LogP contribution in [0.25, 0.3) is 11.4 Å². The molecular formula is C16H17N5O5. The van der Waals surface area contributed by atoms with Crippen molar-refractivity contribution in [1.29, 1.82) is 0 Å². The third-order valence-electron chi connectivity index (χ3n) is 3.76. The van der Waals surface area contributed by atoms with Crippen LogP contribution in [0.15, 0.2) is 35.5 Å². The molecule has 0 fully saturated rings. The molecular weight excluding hydrogens is 342 g/mol. The summed E-state index contributed by atoms with van der Waals surface area (Å²) >= 11 is 0. The zero-order valence-electron chi connectivity index (χ0n) is 14.5. The van der Waals surface area contributed by atoms with E-state index in [1.807, 2.05) is 6.07 Å². The highest BCUT2D eigenvalue weighted by atomic mass is 16.5. The van der Waals surface area contributed by atoms with Gasteiger partial charge in [-0.25, -0.2) is 9.59 Å². The van der Waals surface area contributed by atoms with Crippen LogP contribution in [-0.2, 0) is 30.8 Å². The van der Waals surface area contributed by atoms with Gasteiger partial charge in [-0.05, 0) is 17.3 Å². The Kier molecular flexibility index (Phi) is 4.94. The molecule has 0 amide bonds. The molecule has 0 atom stereocenters. The normalized spacial score (nSPS) is 14.3. The van der Waals surface area contributed by atoms with Gasteiger partial charge in [-0.15, -0.1) is 10.2 Å². The monoisotopic (exact) mass is 359 g/mol. The van der Waals surface area contributed by atoms with Crippen LogP contribution in [0.2, 0.25) is 0 Å². The van der Waals surface area contributed by atoms with Crippen LogP contribution in [0.1, 0.15) is 0 Å². The largest absolute Gasteiger partial charge is 0.466 e. The van der Waals surface area contributed by atoms with Gasteiger partial charge in [-0.3, -0.25) is 0 Å². The van der Waals surface area contributed by atoms with Crippen LogP contribution in [0.3, 0.4) is 0 Å². The van der Waals surface area contributed by atoms with Crippen molar-refractivity contribution < 1.29 is 23.8 Å². The van der Waals surface area contributed by atoms with E-state index in [1.165, 1.54) is 19.0 Å². The number of hydrogen-bond donors (Lipinski definition) is 0. The number of nitrogens with zero attached hydrogens (tertiary/aromatic N) is 5. The molecule has 1 aromatic heterocycles. The third kappa shape index (κ3) is 3.26. The van der Waals surface area contributed by atoms with Gasteiger partial charge in [-0.2, -0.15) is 4.80 Å². The predicted molar refractivity (Wildman–Crippen MR) is 88.6 cm³/mol. The zero-order chi connectivity index (χ0) is 18.7. The molecule has 0 radical (unpaired) electrons. The fraction of sp³-hybridized carbons (Fsp3) is 0.312. The van der Waals surface area contributed by atoms with Gasteiger partial charge in [0.25, 0.3) is 0 Å². The summed E-state index contributed by atoms with van der Waals surface area (Å²) in [4.78, 5) is 27.2. The van der Waals surface area contributed by atoms with Crippen molar-refractivity contribution in [3.05, 3.63) is 35.5 Å². The first kappa shape index (κ1) is 17.5. The van der Waals surface area contributed by atoms with Gasteiger partial charge in [0.15, 0.2) is 0 Å². The molecule has 26 heavy (non-hydrogen) atoms. The van der Waals surface area contributed by atoms with Crippen LogP contribution in [0.5, 0.6) is 0 Å². The Hall–Kier alpha value is -3.27. The Morgan fingerprint density at radius 3 is 2.62 bits per heavy atom. The summed E-state index contributed by atoms with van der Waals surface area (Å²) in [7, 11) is 4.15. The fourth-order valence-electron chi connectivity index (χ4n) is 2.56. The predicted octanol–water partition coefficient (Wildman–Crippen LogP) is 0.271. The highest BCUT2D eigenvalue weighted by molar-refractivity contribution is 6.03. The van der Waals surface area contributed by atoms with Crippen molar-refractivity contribution in [1.82, 2.24) is 20.2 Å². The molecule has 1 aromatic carbocycles. The van der Waals surface area contributed by atoms with E-state index in [0.29, 0.717) is 17.1 Å². The summed E-state index contributed by atoms with van der Waals surface area (Å²) in [5.41, 5.74) is 1.48. The molecule has 0 bridgehead atoms. The first-order valence-electron chi connectivity index (χ1n) is 7.64. The summed E-state index contributed by atoms with van der Waals surface area (Å²) in [6.07, 6.45) is 0. The van der Waals surface area contributed by atoms with Crippen LogP contribution in [0, 0.1) is 0 Å². The average Bonchev–Trinajstić information content (AvgIpc) is 3.12. The molecule has 10 heteroatoms. The van der Waals surface area contributed by atoms with Crippen molar-refractivity contribution in [2.45, 2.75) is 0 Å². The van der Waals surface area contributed by atoms with Gasteiger partial charge in [-0.1, -0.05) is 12.1 Å². The number of anilines is 1. The lowest BCUT2D eigenvalue weighted by molar-refractivity contribution is -0.140. The number of carbonyl (C=O) groups is 2. The number of benzene rings is 1. The van der Waals surface area contributed by atoms with E-state index >= 15 is 0 Å². The van der Waals surface area contributed by atoms with Crippen molar-refractivity contribution in [3.63, 3.8) is 0 Å². The Morgan fingerprint density at radius 1 is 1.19 bits per heavy atom. The van der Waals surface area contributed by atoms with Crippen LogP contribution in [-0.4, -0.2) is 59.7 Å². The van der Waals surface area contributed by atoms with E-state index in [-0.39, 0.29) is 24.6 Å². The Morgan fingerprint density at radius 2 is 1.96 bits per heavy atom. The first-order valence-corrected chi connectivity index (χ1v) is 7.64. The second-order valence-corrected chi connectivity index (χ2v) is 5.37. The van der Waals surface area contributed by atoms with E-state index in [9.17, 15) is 9.59 Å². The number of aromatic nitrogens is 4. The first-order chi connectivity index (χ1) is 12.5. The molecule has 3 rings (SSSR count). The summed E-state index contributed by atoms with van der Waals surface area (Å²) in [5.74, 6) is -0.873. The molecule has 2 aromatic rings. The highest BCUT2D eigenvalue weighted by Gasteiger charge is 2.32. The number of methoxy groups -OCH3 is 2. The quantitative estimate of drug-likeness (QED) is 0.711. The fourth-order valence-corrected chi connectivity index (χ4v) is 2.56. The molecule has 0 aliphatic carbocycles. The molecule has 0 unspecified atom stereocenters. The maximum atomic E-state index is 12.3. The molecule has 2 heterocycles. The molecule has 0 N–H and O–H groups in total. The van der Waals surface area contributed by atoms with Crippen LogP contribution >= 0.6 is 0 Å². The van der Waals surface area contributed by atoms with Gasteiger partial charge in [0, 0.05) is 11.3 Å². The number of esters is 2. The SMILES string of the molecule is COC(=O)C1=C(C(=O)OC)N(c2cccc(-c3nnn(C)n3)c2)COC1. The Bertz CT molecular complexity index is 875. The number of hydrogen-bond acceptors (Lipinski definition) is 9. The van der Waals surface area contributed by atoms with E-state index < -0.39 is 11.9 Å². The average molecular weight is 359 g/mol. The number of tetrazole rings is 1. The summed E-state index contributed by atoms with van der Waals surface area (Å²) < 4.78 is 15.1. The van der Waals surface area contributed by atoms with Crippen molar-refractivity contribution in [2.24, 2.45) is 7.05 Å². The highest BCUT2D eigenvalue weighted by Crippen LogP contribution is 2.29. The molecule has 10 nitrogen and oxygen atoms in total. The minimum atomic E-state index is -0.656. The molecule has 0 saturated heterocycles. The summed E-state index contributed by atoms with van der Waals surface area (Å²) in [6.45, 7) is 0.0291. The van der Waals surface area contributed by atoms with Gasteiger partial charge in [0.2, 0.25) is 5.82 Å². The molecule has 0 spiro atoms. The second-order valence-electron chi connectivity index (χ2n) is 5.37. The lowest BCUT2D eigenvalue weighted by Gasteiger charge is -2.31.